The van der Waals surface area contributed by atoms with Crippen LogP contribution in [0.4, 0.5) is 5.69 Å². The number of fused-ring (bicyclic) bond motifs is 2. The van der Waals surface area contributed by atoms with E-state index < -0.39 is 17.9 Å². The molecule has 2 N–H and O–H groups in total. The van der Waals surface area contributed by atoms with E-state index in [0.717, 1.165) is 11.1 Å². The van der Waals surface area contributed by atoms with Gasteiger partial charge in [-0.05, 0) is 29.3 Å². The van der Waals surface area contributed by atoms with Crippen molar-refractivity contribution < 1.29 is 24.2 Å². The summed E-state index contributed by atoms with van der Waals surface area (Å²) in [7, 11) is 0. The van der Waals surface area contributed by atoms with Gasteiger partial charge in [0, 0.05) is 18.5 Å². The fourth-order valence-corrected chi connectivity index (χ4v) is 3.34. The van der Waals surface area contributed by atoms with Crippen molar-refractivity contribution in [3.05, 3.63) is 59.2 Å². The van der Waals surface area contributed by atoms with Gasteiger partial charge in [-0.25, -0.2) is 4.79 Å². The molecule has 0 saturated carbocycles. The van der Waals surface area contributed by atoms with E-state index in [-0.39, 0.29) is 25.5 Å². The summed E-state index contributed by atoms with van der Waals surface area (Å²) in [6.07, 6.45) is 0.266. The first-order valence-electron chi connectivity index (χ1n) is 8.20. The number of nitrogens with zero attached hydrogens (tertiary/aromatic N) is 1. The topological polar surface area (TPSA) is 95.9 Å². The zero-order chi connectivity index (χ0) is 18.3. The lowest BCUT2D eigenvalue weighted by atomic mass is 9.93. The minimum absolute atomic E-state index is 0.0652. The normalized spacial score (nSPS) is 18.2. The molecule has 4 rings (SSSR count). The maximum atomic E-state index is 13.0. The van der Waals surface area contributed by atoms with Crippen molar-refractivity contribution in [3.8, 4) is 5.75 Å². The Morgan fingerprint density at radius 1 is 1.15 bits per heavy atom. The second-order valence-corrected chi connectivity index (χ2v) is 6.31. The van der Waals surface area contributed by atoms with Crippen LogP contribution < -0.4 is 10.1 Å². The van der Waals surface area contributed by atoms with Crippen LogP contribution in [0.15, 0.2) is 42.5 Å². The van der Waals surface area contributed by atoms with Crippen LogP contribution in [-0.2, 0) is 22.6 Å². The van der Waals surface area contributed by atoms with E-state index in [1.165, 1.54) is 11.0 Å². The van der Waals surface area contributed by atoms with Gasteiger partial charge >= 0.3 is 5.97 Å². The van der Waals surface area contributed by atoms with Crippen molar-refractivity contribution in [1.29, 1.82) is 0 Å². The summed E-state index contributed by atoms with van der Waals surface area (Å²) in [6.45, 7) is 0.163. The maximum Gasteiger partial charge on any atom is 0.326 e. The highest BCUT2D eigenvalue weighted by Crippen LogP contribution is 2.30. The molecule has 132 valence electrons. The fraction of sp³-hybridized carbons (Fsp3) is 0.211. The van der Waals surface area contributed by atoms with Crippen LogP contribution in [0.1, 0.15) is 21.5 Å². The number of aliphatic carboxylic acids is 1. The number of carbonyl (C=O) groups excluding carboxylic acids is 2. The SMILES string of the molecule is O=C1COc2ccc(C(=O)N3Cc4ccccc4CC3C(=O)O)cc2N1. The Hall–Kier alpha value is -3.35. The molecule has 0 radical (unpaired) electrons. The molecule has 2 amide bonds. The average Bonchev–Trinajstić information content (AvgIpc) is 2.65. The first-order valence-corrected chi connectivity index (χ1v) is 8.20. The summed E-state index contributed by atoms with van der Waals surface area (Å²) in [5.41, 5.74) is 2.60. The van der Waals surface area contributed by atoms with E-state index in [9.17, 15) is 19.5 Å². The molecule has 7 nitrogen and oxygen atoms in total. The van der Waals surface area contributed by atoms with Gasteiger partial charge in [-0.2, -0.15) is 0 Å². The number of rotatable bonds is 2. The van der Waals surface area contributed by atoms with Gasteiger partial charge in [0.1, 0.15) is 11.8 Å². The molecule has 0 spiro atoms. The van der Waals surface area contributed by atoms with Crippen LogP contribution in [-0.4, -0.2) is 40.4 Å². The molecule has 2 aliphatic rings. The monoisotopic (exact) mass is 352 g/mol. The molecule has 2 heterocycles. The number of amides is 2. The van der Waals surface area contributed by atoms with E-state index in [2.05, 4.69) is 5.32 Å². The summed E-state index contributed by atoms with van der Waals surface area (Å²) >= 11 is 0. The van der Waals surface area contributed by atoms with Gasteiger partial charge in [-0.15, -0.1) is 0 Å². The number of anilines is 1. The number of ether oxygens (including phenoxy) is 1. The number of carboxylic acid groups (broad SMARTS) is 1. The molecule has 26 heavy (non-hydrogen) atoms. The number of benzene rings is 2. The van der Waals surface area contributed by atoms with E-state index in [4.69, 9.17) is 4.74 Å². The lowest BCUT2D eigenvalue weighted by Crippen LogP contribution is -2.48. The third-order valence-electron chi connectivity index (χ3n) is 4.65. The van der Waals surface area contributed by atoms with Crippen LogP contribution in [0, 0.1) is 0 Å². The lowest BCUT2D eigenvalue weighted by Gasteiger charge is -2.34. The molecule has 0 fully saturated rings. The molecule has 0 bridgehead atoms. The number of carbonyl (C=O) groups is 3. The second-order valence-electron chi connectivity index (χ2n) is 6.31. The van der Waals surface area contributed by atoms with E-state index in [1.807, 2.05) is 24.3 Å². The van der Waals surface area contributed by atoms with E-state index in [0.29, 0.717) is 17.0 Å². The van der Waals surface area contributed by atoms with E-state index >= 15 is 0 Å². The average molecular weight is 352 g/mol. The summed E-state index contributed by atoms with van der Waals surface area (Å²) in [4.78, 5) is 37.6. The van der Waals surface area contributed by atoms with E-state index in [1.54, 1.807) is 12.1 Å². The quantitative estimate of drug-likeness (QED) is 0.857. The Labute approximate surface area is 149 Å². The number of hydrogen-bond acceptors (Lipinski definition) is 4. The molecule has 2 aromatic rings. The highest BCUT2D eigenvalue weighted by Gasteiger charge is 2.35. The van der Waals surface area contributed by atoms with Crippen LogP contribution in [0.25, 0.3) is 0 Å². The molecule has 0 aromatic heterocycles. The standard InChI is InChI=1S/C19H16N2O5/c22-17-10-26-16-6-5-12(7-14(16)20-17)18(23)21-9-13-4-2-1-3-11(13)8-15(21)19(24)25/h1-7,15H,8-10H2,(H,20,22)(H,24,25). The van der Waals surface area contributed by atoms with Gasteiger partial charge in [-0.3, -0.25) is 9.59 Å². The third-order valence-corrected chi connectivity index (χ3v) is 4.65. The Morgan fingerprint density at radius 2 is 1.92 bits per heavy atom. The van der Waals surface area contributed by atoms with Crippen LogP contribution in [0.2, 0.25) is 0 Å². The van der Waals surface area contributed by atoms with Crippen molar-refractivity contribution in [2.75, 3.05) is 11.9 Å². The van der Waals surface area contributed by atoms with Gasteiger partial charge in [0.25, 0.3) is 11.8 Å². The highest BCUT2D eigenvalue weighted by atomic mass is 16.5. The Kier molecular flexibility index (Phi) is 3.84. The molecular weight excluding hydrogens is 336 g/mol. The van der Waals surface area contributed by atoms with Crippen molar-refractivity contribution in [3.63, 3.8) is 0 Å². The minimum atomic E-state index is -1.04. The highest BCUT2D eigenvalue weighted by molar-refractivity contribution is 6.01. The summed E-state index contributed by atoms with van der Waals surface area (Å²) in [5, 5.41) is 12.2. The molecule has 2 aliphatic heterocycles. The van der Waals surface area contributed by atoms with Gasteiger partial charge < -0.3 is 20.1 Å². The van der Waals surface area contributed by atoms with Crippen molar-refractivity contribution in [2.45, 2.75) is 19.0 Å². The van der Waals surface area contributed by atoms with Crippen molar-refractivity contribution in [2.24, 2.45) is 0 Å². The number of hydrogen-bond donors (Lipinski definition) is 2. The molecule has 0 aliphatic carbocycles. The Bertz CT molecular complexity index is 924. The van der Waals surface area contributed by atoms with Crippen LogP contribution >= 0.6 is 0 Å². The van der Waals surface area contributed by atoms with Gasteiger partial charge in [0.15, 0.2) is 6.61 Å². The number of carboxylic acids is 1. The number of nitrogens with one attached hydrogen (secondary N) is 1. The zero-order valence-corrected chi connectivity index (χ0v) is 13.8. The second kappa shape index (κ2) is 6.18. The first-order chi connectivity index (χ1) is 12.5. The zero-order valence-electron chi connectivity index (χ0n) is 13.8. The molecular formula is C19H16N2O5. The fourth-order valence-electron chi connectivity index (χ4n) is 3.34. The summed E-state index contributed by atoms with van der Waals surface area (Å²) in [5.74, 6) is -1.24. The van der Waals surface area contributed by atoms with Gasteiger partial charge in [0.2, 0.25) is 0 Å². The first kappa shape index (κ1) is 16.1. The van der Waals surface area contributed by atoms with Crippen LogP contribution in [0.5, 0.6) is 5.75 Å². The molecule has 0 saturated heterocycles. The molecule has 1 atom stereocenters. The smallest absolute Gasteiger partial charge is 0.326 e. The van der Waals surface area contributed by atoms with Crippen molar-refractivity contribution in [1.82, 2.24) is 4.90 Å². The largest absolute Gasteiger partial charge is 0.482 e. The Balaban J connectivity index is 1.67. The van der Waals surface area contributed by atoms with Crippen molar-refractivity contribution >= 4 is 23.5 Å². The summed E-state index contributed by atoms with van der Waals surface area (Å²) in [6, 6.07) is 11.3. The maximum absolute atomic E-state index is 13.0. The minimum Gasteiger partial charge on any atom is -0.482 e. The van der Waals surface area contributed by atoms with Gasteiger partial charge in [0.05, 0.1) is 5.69 Å². The molecule has 1 unspecified atom stereocenters. The predicted octanol–water partition coefficient (Wildman–Crippen LogP) is 1.67. The van der Waals surface area contributed by atoms with Gasteiger partial charge in [-0.1, -0.05) is 24.3 Å². The lowest BCUT2D eigenvalue weighted by molar-refractivity contribution is -0.142. The summed E-state index contributed by atoms with van der Waals surface area (Å²) < 4.78 is 5.29. The Morgan fingerprint density at radius 3 is 2.69 bits per heavy atom. The van der Waals surface area contributed by atoms with Crippen LogP contribution in [0.3, 0.4) is 0 Å². The predicted molar refractivity (Wildman–Crippen MR) is 92.0 cm³/mol. The molecule has 7 heteroatoms. The third kappa shape index (κ3) is 2.77. The molecule has 2 aromatic carbocycles.